The number of aliphatic hydroxyl groups excluding tert-OH is 1. The number of likely N-dealkylation sites (tertiary alicyclic amines) is 1. The average Bonchev–Trinajstić information content (AvgIpc) is 3.11. The molecule has 4 fully saturated rings. The zero-order chi connectivity index (χ0) is 36.1. The molecule has 2 aliphatic heterocycles. The Morgan fingerprint density at radius 1 is 0.863 bits per heavy atom. The van der Waals surface area contributed by atoms with Crippen LogP contribution in [0.5, 0.6) is 0 Å². The van der Waals surface area contributed by atoms with Crippen molar-refractivity contribution in [2.24, 2.45) is 40.9 Å². The molecule has 1 aromatic heterocycles. The molecule has 0 unspecified atom stereocenters. The maximum Gasteiger partial charge on any atom is 0.245 e. The number of carbonyl (C=O) groups is 2. The monoisotopic (exact) mass is 701 g/mol. The predicted octanol–water partition coefficient (Wildman–Crippen LogP) is 6.62. The van der Waals surface area contributed by atoms with E-state index in [0.717, 1.165) is 73.3 Å². The standard InChI is InChI=1S/C42H63N5O4/c1-5-6-28-7-11-30(12-8-28)31-19-21-46(22-20-31)36-24-43-38(44-25-36)32-13-9-29(10-14-32)23-37(40(49)47-26-34(27-47)41(50)51)45-39(48)33-15-17-35(18-16-33)42(2,3)4/h9-10,13-14,24-25,28,30-31,33-35,37,41,50-51H,5-8,11-12,15-23,26-27H2,1-4H3,(H,45,48)/t28?,30?,33?,35?,37-/m0/s1. The van der Waals surface area contributed by atoms with Crippen LogP contribution in [0.25, 0.3) is 11.4 Å². The maximum atomic E-state index is 13.6. The third-order valence-corrected chi connectivity index (χ3v) is 13.0. The first kappa shape index (κ1) is 37.7. The molecule has 280 valence electrons. The number of anilines is 1. The molecule has 51 heavy (non-hydrogen) atoms. The molecule has 9 heteroatoms. The van der Waals surface area contributed by atoms with Gasteiger partial charge in [-0.25, -0.2) is 9.97 Å². The van der Waals surface area contributed by atoms with Crippen LogP contribution in [0.2, 0.25) is 0 Å². The molecule has 0 spiro atoms. The molecule has 2 saturated heterocycles. The van der Waals surface area contributed by atoms with Gasteiger partial charge in [0.2, 0.25) is 11.8 Å². The van der Waals surface area contributed by atoms with E-state index < -0.39 is 12.3 Å². The van der Waals surface area contributed by atoms with Gasteiger partial charge in [-0.3, -0.25) is 9.59 Å². The number of aliphatic hydroxyl groups is 2. The summed E-state index contributed by atoms with van der Waals surface area (Å²) in [5.41, 5.74) is 3.17. The third-order valence-electron chi connectivity index (χ3n) is 13.0. The number of benzene rings is 1. The van der Waals surface area contributed by atoms with Crippen LogP contribution in [-0.2, 0) is 16.0 Å². The van der Waals surface area contributed by atoms with Gasteiger partial charge in [0.1, 0.15) is 6.04 Å². The van der Waals surface area contributed by atoms with Gasteiger partial charge in [0.15, 0.2) is 12.1 Å². The van der Waals surface area contributed by atoms with Crippen LogP contribution in [0.1, 0.15) is 110 Å². The number of hydrogen-bond donors (Lipinski definition) is 3. The van der Waals surface area contributed by atoms with E-state index >= 15 is 0 Å². The summed E-state index contributed by atoms with van der Waals surface area (Å²) in [6, 6.07) is 7.25. The van der Waals surface area contributed by atoms with E-state index in [2.05, 4.69) is 37.9 Å². The number of aromatic nitrogens is 2. The van der Waals surface area contributed by atoms with Gasteiger partial charge in [0, 0.05) is 50.0 Å². The van der Waals surface area contributed by atoms with Crippen molar-refractivity contribution in [1.29, 1.82) is 0 Å². The Morgan fingerprint density at radius 2 is 1.47 bits per heavy atom. The number of amides is 2. The zero-order valence-electron chi connectivity index (χ0n) is 31.6. The second-order valence-corrected chi connectivity index (χ2v) is 17.5. The summed E-state index contributed by atoms with van der Waals surface area (Å²) >= 11 is 0. The molecule has 0 bridgehead atoms. The SMILES string of the molecule is CCCC1CCC(C2CCN(c3cnc(-c4ccc(C[C@H](NC(=O)C5CCC(C(C)(C)C)CC5)C(=O)N5CC(C(O)O)C5)cc4)nc3)CC2)CC1. The lowest BCUT2D eigenvalue weighted by atomic mass is 9.69. The smallest absolute Gasteiger partial charge is 0.245 e. The minimum absolute atomic E-state index is 0.0520. The number of hydrogen-bond acceptors (Lipinski definition) is 7. The summed E-state index contributed by atoms with van der Waals surface area (Å²) in [7, 11) is 0. The summed E-state index contributed by atoms with van der Waals surface area (Å²) in [6.45, 7) is 11.8. The number of nitrogens with one attached hydrogen (secondary N) is 1. The molecule has 4 aliphatic rings. The molecule has 2 amide bonds. The van der Waals surface area contributed by atoms with Gasteiger partial charge < -0.3 is 25.3 Å². The number of rotatable bonds is 11. The van der Waals surface area contributed by atoms with Crippen molar-refractivity contribution < 1.29 is 19.8 Å². The lowest BCUT2D eigenvalue weighted by Crippen LogP contribution is -2.60. The topological polar surface area (TPSA) is 119 Å². The molecular formula is C42H63N5O4. The second kappa shape index (κ2) is 16.7. The van der Waals surface area contributed by atoms with Crippen LogP contribution < -0.4 is 10.2 Å². The molecule has 3 N–H and O–H groups in total. The zero-order valence-corrected chi connectivity index (χ0v) is 31.6. The minimum atomic E-state index is -1.44. The van der Waals surface area contributed by atoms with Crippen LogP contribution >= 0.6 is 0 Å². The van der Waals surface area contributed by atoms with Crippen molar-refractivity contribution in [3.63, 3.8) is 0 Å². The fourth-order valence-electron chi connectivity index (χ4n) is 9.46. The molecule has 1 aromatic carbocycles. The van der Waals surface area contributed by atoms with E-state index in [1.165, 1.54) is 51.4 Å². The largest absolute Gasteiger partial charge is 0.369 e. The number of carbonyl (C=O) groups excluding carboxylic acids is 2. The van der Waals surface area contributed by atoms with Gasteiger partial charge >= 0.3 is 0 Å². The highest BCUT2D eigenvalue weighted by Crippen LogP contribution is 2.41. The molecule has 2 aliphatic carbocycles. The van der Waals surface area contributed by atoms with E-state index in [4.69, 9.17) is 9.97 Å². The van der Waals surface area contributed by atoms with Crippen LogP contribution in [0.15, 0.2) is 36.7 Å². The second-order valence-electron chi connectivity index (χ2n) is 17.5. The van der Waals surface area contributed by atoms with Crippen molar-refractivity contribution >= 4 is 17.5 Å². The van der Waals surface area contributed by atoms with Gasteiger partial charge in [0.05, 0.1) is 18.1 Å². The van der Waals surface area contributed by atoms with Crippen molar-refractivity contribution in [1.82, 2.24) is 20.2 Å². The Labute approximate surface area is 306 Å². The maximum absolute atomic E-state index is 13.6. The van der Waals surface area contributed by atoms with E-state index in [1.807, 2.05) is 36.7 Å². The molecular weight excluding hydrogens is 638 g/mol. The summed E-state index contributed by atoms with van der Waals surface area (Å²) in [5, 5.41) is 22.2. The third kappa shape index (κ3) is 9.50. The highest BCUT2D eigenvalue weighted by Gasteiger charge is 2.39. The van der Waals surface area contributed by atoms with E-state index in [-0.39, 0.29) is 42.2 Å². The number of nitrogens with zero attached hydrogens (tertiary/aromatic N) is 4. The molecule has 9 nitrogen and oxygen atoms in total. The van der Waals surface area contributed by atoms with Crippen LogP contribution in [0.4, 0.5) is 5.69 Å². The molecule has 2 aromatic rings. The summed E-state index contributed by atoms with van der Waals surface area (Å²) in [5.74, 6) is 3.34. The first-order valence-corrected chi connectivity index (χ1v) is 20.1. The average molecular weight is 702 g/mol. The molecule has 6 rings (SSSR count). The summed E-state index contributed by atoms with van der Waals surface area (Å²) in [6.07, 6.45) is 17.5. The Bertz CT molecular complexity index is 1410. The quantitative estimate of drug-likeness (QED) is 0.226. The van der Waals surface area contributed by atoms with Crippen molar-refractivity contribution in [3.8, 4) is 11.4 Å². The summed E-state index contributed by atoms with van der Waals surface area (Å²) < 4.78 is 0. The predicted molar refractivity (Wildman–Crippen MR) is 202 cm³/mol. The van der Waals surface area contributed by atoms with E-state index in [0.29, 0.717) is 18.2 Å². The Balaban J connectivity index is 1.03. The highest BCUT2D eigenvalue weighted by atomic mass is 16.5. The summed E-state index contributed by atoms with van der Waals surface area (Å²) in [4.78, 5) is 40.6. The van der Waals surface area contributed by atoms with Gasteiger partial charge in [-0.2, -0.15) is 0 Å². The normalized spacial score (nSPS) is 25.8. The van der Waals surface area contributed by atoms with Gasteiger partial charge in [-0.05, 0) is 86.0 Å². The number of piperidine rings is 1. The van der Waals surface area contributed by atoms with Gasteiger partial charge in [-0.1, -0.05) is 77.6 Å². The van der Waals surface area contributed by atoms with Crippen molar-refractivity contribution in [3.05, 3.63) is 42.2 Å². The lowest BCUT2D eigenvalue weighted by molar-refractivity contribution is -0.159. The Morgan fingerprint density at radius 3 is 2.04 bits per heavy atom. The van der Waals surface area contributed by atoms with E-state index in [1.54, 1.807) is 4.90 Å². The molecule has 1 atom stereocenters. The molecule has 0 radical (unpaired) electrons. The first-order chi connectivity index (χ1) is 24.5. The van der Waals surface area contributed by atoms with Crippen molar-refractivity contribution in [2.45, 2.75) is 123 Å². The fraction of sp³-hybridized carbons (Fsp3) is 0.714. The van der Waals surface area contributed by atoms with Crippen LogP contribution in [0, 0.1) is 40.9 Å². The highest BCUT2D eigenvalue weighted by molar-refractivity contribution is 5.89. The first-order valence-electron chi connectivity index (χ1n) is 20.1. The van der Waals surface area contributed by atoms with Crippen LogP contribution in [-0.4, -0.2) is 75.4 Å². The van der Waals surface area contributed by atoms with Gasteiger partial charge in [-0.15, -0.1) is 0 Å². The Kier molecular flexibility index (Phi) is 12.4. The molecule has 2 saturated carbocycles. The lowest BCUT2D eigenvalue weighted by Gasteiger charge is -2.42. The fourth-order valence-corrected chi connectivity index (χ4v) is 9.46. The van der Waals surface area contributed by atoms with Crippen molar-refractivity contribution in [2.75, 3.05) is 31.1 Å². The van der Waals surface area contributed by atoms with Crippen LogP contribution in [0.3, 0.4) is 0 Å². The minimum Gasteiger partial charge on any atom is -0.369 e. The Hall–Kier alpha value is -3.04. The molecule has 3 heterocycles. The van der Waals surface area contributed by atoms with E-state index in [9.17, 15) is 19.8 Å². The van der Waals surface area contributed by atoms with Gasteiger partial charge in [0.25, 0.3) is 0 Å².